The first-order chi connectivity index (χ1) is 31.1. The van der Waals surface area contributed by atoms with E-state index in [1.807, 2.05) is 30.3 Å². The van der Waals surface area contributed by atoms with E-state index in [9.17, 15) is 14.4 Å². The molecule has 0 amide bonds. The van der Waals surface area contributed by atoms with Gasteiger partial charge in [0.25, 0.3) is 0 Å². The van der Waals surface area contributed by atoms with Crippen LogP contribution >= 0.6 is 0 Å². The summed E-state index contributed by atoms with van der Waals surface area (Å²) in [5, 5.41) is 4.69. The summed E-state index contributed by atoms with van der Waals surface area (Å²) in [6, 6.07) is 25.1. The molecule has 3 saturated carbocycles. The van der Waals surface area contributed by atoms with E-state index < -0.39 is 0 Å². The van der Waals surface area contributed by atoms with Crippen LogP contribution in [-0.2, 0) is 25.6 Å². The van der Waals surface area contributed by atoms with E-state index in [1.165, 1.54) is 75.5 Å². The van der Waals surface area contributed by atoms with Crippen LogP contribution in [0.15, 0.2) is 72.8 Å². The van der Waals surface area contributed by atoms with Gasteiger partial charge >= 0.3 is 11.9 Å². The summed E-state index contributed by atoms with van der Waals surface area (Å²) in [5.41, 5.74) is 2.54. The molecule has 354 valence electrons. The van der Waals surface area contributed by atoms with Gasteiger partial charge in [0, 0.05) is 12.1 Å². The lowest BCUT2D eigenvalue weighted by Gasteiger charge is -2.39. The van der Waals surface area contributed by atoms with Crippen LogP contribution in [0.1, 0.15) is 167 Å². The fraction of sp³-hybridized carbons (Fsp3) is 0.596. The highest BCUT2D eigenvalue weighted by molar-refractivity contribution is 5.89. The van der Waals surface area contributed by atoms with Crippen LogP contribution in [0.4, 0.5) is 0 Å². The highest BCUT2D eigenvalue weighted by Gasteiger charge is 2.41. The lowest BCUT2D eigenvalue weighted by molar-refractivity contribution is -0.156. The van der Waals surface area contributed by atoms with Crippen molar-refractivity contribution in [3.05, 3.63) is 83.9 Å². The van der Waals surface area contributed by atoms with Crippen molar-refractivity contribution in [2.75, 3.05) is 27.3 Å². The van der Waals surface area contributed by atoms with Crippen molar-refractivity contribution in [3.8, 4) is 11.5 Å². The van der Waals surface area contributed by atoms with E-state index in [1.54, 1.807) is 0 Å². The lowest BCUT2D eigenvalue weighted by Crippen LogP contribution is -2.44. The molecule has 8 heteroatoms. The summed E-state index contributed by atoms with van der Waals surface area (Å²) in [6.07, 6.45) is 20.3. The van der Waals surface area contributed by atoms with E-state index in [2.05, 4.69) is 88.9 Å². The molecular weight excluding hydrogens is 811 g/mol. The molecule has 4 aromatic rings. The Morgan fingerprint density at radius 3 is 1.46 bits per heavy atom. The van der Waals surface area contributed by atoms with Crippen LogP contribution in [0.25, 0.3) is 21.5 Å². The Labute approximate surface area is 390 Å². The van der Waals surface area contributed by atoms with Crippen LogP contribution in [0, 0.1) is 21.7 Å². The molecular formula is C57H79NO7. The smallest absolute Gasteiger partial charge is 0.311 e. The zero-order chi connectivity index (χ0) is 46.7. The van der Waals surface area contributed by atoms with Gasteiger partial charge in [0.05, 0.1) is 37.3 Å². The molecule has 1 saturated heterocycles. The number of hydrogen-bond acceptors (Lipinski definition) is 8. The number of nitrogens with zero attached hydrogens (tertiary/aromatic N) is 1. The Balaban J connectivity index is 0.000000181. The molecule has 1 heterocycles. The minimum Gasteiger partial charge on any atom is -0.490 e. The number of benzene rings is 4. The van der Waals surface area contributed by atoms with Gasteiger partial charge in [0.2, 0.25) is 0 Å². The summed E-state index contributed by atoms with van der Waals surface area (Å²) < 4.78 is 22.4. The maximum Gasteiger partial charge on any atom is 0.311 e. The SMILES string of the molecule is CC1(C)CCC(Oc2ccc3cc(C=O)ccc3c2)CC1.CCC1(C(=O)OC)CCCCC1.CCC1(C(=O)OC)CCN(Cc2ccc3cc(OC4CCC(C)(C)CC4)ccc3c2)CC1. The van der Waals surface area contributed by atoms with E-state index in [4.69, 9.17) is 18.9 Å². The normalized spacial score (nSPS) is 20.6. The second-order valence-electron chi connectivity index (χ2n) is 21.3. The zero-order valence-corrected chi connectivity index (χ0v) is 41.1. The van der Waals surface area contributed by atoms with Crippen LogP contribution in [-0.4, -0.2) is 62.6 Å². The van der Waals surface area contributed by atoms with Gasteiger partial charge in [-0.05, 0) is 177 Å². The number of likely N-dealkylation sites (tertiary alicyclic amines) is 1. The third-order valence-electron chi connectivity index (χ3n) is 15.6. The number of carbonyl (C=O) groups is 3. The predicted octanol–water partition coefficient (Wildman–Crippen LogP) is 13.9. The Kier molecular flexibility index (Phi) is 17.2. The van der Waals surface area contributed by atoms with Crippen LogP contribution in [0.3, 0.4) is 0 Å². The number of fused-ring (bicyclic) bond motifs is 2. The molecule has 0 N–H and O–H groups in total. The molecule has 4 aliphatic rings. The van der Waals surface area contributed by atoms with Crippen molar-refractivity contribution in [2.45, 2.75) is 169 Å². The monoisotopic (exact) mass is 890 g/mol. The summed E-state index contributed by atoms with van der Waals surface area (Å²) in [7, 11) is 3.00. The number of esters is 2. The van der Waals surface area contributed by atoms with Gasteiger partial charge in [0.15, 0.2) is 0 Å². The van der Waals surface area contributed by atoms with Gasteiger partial charge in [-0.3, -0.25) is 19.3 Å². The van der Waals surface area contributed by atoms with Gasteiger partial charge in [0.1, 0.15) is 17.8 Å². The predicted molar refractivity (Wildman–Crippen MR) is 264 cm³/mol. The van der Waals surface area contributed by atoms with Crippen molar-refractivity contribution in [2.24, 2.45) is 21.7 Å². The molecule has 0 radical (unpaired) electrons. The topological polar surface area (TPSA) is 91.4 Å². The van der Waals surface area contributed by atoms with E-state index >= 15 is 0 Å². The Morgan fingerprint density at radius 2 is 1.00 bits per heavy atom. The highest BCUT2D eigenvalue weighted by atomic mass is 16.5. The fourth-order valence-corrected chi connectivity index (χ4v) is 10.7. The van der Waals surface area contributed by atoms with Crippen LogP contribution < -0.4 is 9.47 Å². The van der Waals surface area contributed by atoms with Gasteiger partial charge in [-0.15, -0.1) is 0 Å². The molecule has 65 heavy (non-hydrogen) atoms. The average molecular weight is 890 g/mol. The summed E-state index contributed by atoms with van der Waals surface area (Å²) in [4.78, 5) is 37.0. The van der Waals surface area contributed by atoms with Crippen molar-refractivity contribution in [3.63, 3.8) is 0 Å². The maximum atomic E-state index is 12.3. The van der Waals surface area contributed by atoms with Gasteiger partial charge in [-0.25, -0.2) is 0 Å². The molecule has 0 unspecified atom stereocenters. The summed E-state index contributed by atoms with van der Waals surface area (Å²) >= 11 is 0. The second-order valence-corrected chi connectivity index (χ2v) is 21.3. The molecule has 0 spiro atoms. The first kappa shape index (κ1) is 50.0. The first-order valence-electron chi connectivity index (χ1n) is 24.9. The van der Waals surface area contributed by atoms with E-state index in [-0.39, 0.29) is 22.8 Å². The number of aldehydes is 1. The largest absolute Gasteiger partial charge is 0.490 e. The van der Waals surface area contributed by atoms with Crippen LogP contribution in [0.2, 0.25) is 0 Å². The molecule has 3 aliphatic carbocycles. The number of hydrogen-bond donors (Lipinski definition) is 0. The molecule has 8 rings (SSSR count). The van der Waals surface area contributed by atoms with Crippen molar-refractivity contribution in [1.29, 1.82) is 0 Å². The third kappa shape index (κ3) is 13.4. The summed E-state index contributed by atoms with van der Waals surface area (Å²) in [6.45, 7) is 16.4. The zero-order valence-electron chi connectivity index (χ0n) is 41.1. The first-order valence-corrected chi connectivity index (χ1v) is 24.9. The molecule has 0 aromatic heterocycles. The van der Waals surface area contributed by atoms with Crippen molar-refractivity contribution in [1.82, 2.24) is 4.90 Å². The molecule has 8 nitrogen and oxygen atoms in total. The van der Waals surface area contributed by atoms with Crippen molar-refractivity contribution < 1.29 is 33.3 Å². The third-order valence-corrected chi connectivity index (χ3v) is 15.6. The molecule has 4 aromatic carbocycles. The van der Waals surface area contributed by atoms with Crippen molar-refractivity contribution >= 4 is 39.8 Å². The van der Waals surface area contributed by atoms with Gasteiger partial charge < -0.3 is 18.9 Å². The number of piperidine rings is 1. The van der Waals surface area contributed by atoms with Gasteiger partial charge in [-0.1, -0.05) is 97.2 Å². The maximum absolute atomic E-state index is 12.3. The van der Waals surface area contributed by atoms with E-state index in [0.29, 0.717) is 28.6 Å². The number of ether oxygens (including phenoxy) is 4. The molecule has 1 aliphatic heterocycles. The minimum absolute atomic E-state index is 0.00435. The standard InChI is InChI=1S/C28H39NO3.C19H22O2.C10H18O2/c1-5-28(26(30)31-4)14-16-29(17-15-28)20-21-6-7-23-19-25(9-8-22(23)18-21)32-24-10-12-27(2,3)13-11-24;1-19(2)9-7-17(8-10-19)21-18-6-5-15-11-14(13-20)3-4-16(15)12-18;1-3-10(9(11)12-2)7-5-4-6-8-10/h6-9,18-19,24H,5,10-17,20H2,1-4H3;3-6,11-13,17H,7-10H2,1-2H3;3-8H2,1-2H3. The Bertz CT molecular complexity index is 2170. The molecule has 0 bridgehead atoms. The van der Waals surface area contributed by atoms with Gasteiger partial charge in [-0.2, -0.15) is 0 Å². The molecule has 4 fully saturated rings. The number of carbonyl (C=O) groups excluding carboxylic acids is 3. The molecule has 0 atom stereocenters. The second kappa shape index (κ2) is 22.4. The Hall–Kier alpha value is -4.43. The highest BCUT2D eigenvalue weighted by Crippen LogP contribution is 2.41. The number of rotatable bonds is 11. The number of methoxy groups -OCH3 is 2. The fourth-order valence-electron chi connectivity index (χ4n) is 10.7. The lowest BCUT2D eigenvalue weighted by atomic mass is 9.72. The van der Waals surface area contributed by atoms with Crippen LogP contribution in [0.5, 0.6) is 11.5 Å². The Morgan fingerprint density at radius 1 is 0.569 bits per heavy atom. The quantitative estimate of drug-likeness (QED) is 0.109. The van der Waals surface area contributed by atoms with E-state index in [0.717, 1.165) is 112 Å². The summed E-state index contributed by atoms with van der Waals surface area (Å²) in [5.74, 6) is 1.89. The average Bonchev–Trinajstić information content (AvgIpc) is 3.33. The minimum atomic E-state index is -0.293.